The molecule has 4 saturated heterocycles. The lowest BCUT2D eigenvalue weighted by molar-refractivity contribution is 0.122. The molecular weight excluding hydrogens is 556 g/mol. The van der Waals surface area contributed by atoms with Crippen LogP contribution in [0, 0.1) is 11.6 Å². The van der Waals surface area contributed by atoms with Gasteiger partial charge in [-0.1, -0.05) is 29.4 Å². The summed E-state index contributed by atoms with van der Waals surface area (Å²) in [4.78, 5) is 18.2. The van der Waals surface area contributed by atoms with Crippen molar-refractivity contribution in [2.75, 3.05) is 43.4 Å². The molecule has 0 spiro atoms. The molecule has 3 N–H and O–H groups in total. The normalized spacial score (nSPS) is 22.1. The van der Waals surface area contributed by atoms with Crippen molar-refractivity contribution in [3.05, 3.63) is 34.9 Å². The number of fused-ring (bicyclic) bond motifs is 4. The number of ether oxygens (including phenoxy) is 1. The lowest BCUT2D eigenvalue weighted by atomic mass is 9.91. The van der Waals surface area contributed by atoms with Gasteiger partial charge >= 0.3 is 6.01 Å². The third kappa shape index (κ3) is 4.62. The number of benzene rings is 2. The van der Waals surface area contributed by atoms with E-state index in [1.807, 2.05) is 6.92 Å². The number of piperazine rings is 1. The quantitative estimate of drug-likeness (QED) is 0.318. The van der Waals surface area contributed by atoms with E-state index in [1.54, 1.807) is 6.07 Å². The number of piperidine rings is 2. The van der Waals surface area contributed by atoms with Gasteiger partial charge in [0, 0.05) is 48.2 Å². The zero-order chi connectivity index (χ0) is 27.5. The second-order valence-electron chi connectivity index (χ2n) is 11.1. The van der Waals surface area contributed by atoms with Crippen LogP contribution >= 0.6 is 22.9 Å². The van der Waals surface area contributed by atoms with Crippen molar-refractivity contribution in [2.45, 2.75) is 50.8 Å². The SMILES string of the molecule is C[C@@H](CN1CCCCC1)Oc1nc(N2CC3CC(C2)N3)c2cc(Cl)c(-c3ccc(F)c4sc(N)nc34)c(F)c2n1. The van der Waals surface area contributed by atoms with Gasteiger partial charge in [-0.2, -0.15) is 9.97 Å². The fourth-order valence-electron chi connectivity index (χ4n) is 6.30. The highest BCUT2D eigenvalue weighted by Gasteiger charge is 2.38. The van der Waals surface area contributed by atoms with Gasteiger partial charge in [0.1, 0.15) is 23.3 Å². The first kappa shape index (κ1) is 26.1. The van der Waals surface area contributed by atoms with Crippen molar-refractivity contribution < 1.29 is 13.5 Å². The van der Waals surface area contributed by atoms with Crippen LogP contribution in [-0.4, -0.2) is 70.8 Å². The van der Waals surface area contributed by atoms with Crippen LogP contribution in [0.4, 0.5) is 19.7 Å². The molecule has 4 aromatic rings. The highest BCUT2D eigenvalue weighted by Crippen LogP contribution is 2.43. The average molecular weight is 586 g/mol. The summed E-state index contributed by atoms with van der Waals surface area (Å²) in [5.41, 5.74) is 6.73. The number of thiazole rings is 1. The van der Waals surface area contributed by atoms with Gasteiger partial charge in [-0.25, -0.2) is 13.8 Å². The smallest absolute Gasteiger partial charge is 0.319 e. The zero-order valence-corrected chi connectivity index (χ0v) is 23.7. The summed E-state index contributed by atoms with van der Waals surface area (Å²) in [6, 6.07) is 5.33. The molecule has 4 aliphatic heterocycles. The lowest BCUT2D eigenvalue weighted by Crippen LogP contribution is -2.67. The maximum absolute atomic E-state index is 16.6. The maximum Gasteiger partial charge on any atom is 0.319 e. The third-order valence-electron chi connectivity index (χ3n) is 8.12. The minimum Gasteiger partial charge on any atom is -0.459 e. The number of nitrogens with zero attached hydrogens (tertiary/aromatic N) is 5. The van der Waals surface area contributed by atoms with Crippen molar-refractivity contribution in [2.24, 2.45) is 0 Å². The second kappa shape index (κ2) is 10.2. The fourth-order valence-corrected chi connectivity index (χ4v) is 7.36. The van der Waals surface area contributed by atoms with Crippen LogP contribution in [0.25, 0.3) is 32.2 Å². The molecule has 2 bridgehead atoms. The molecule has 8 nitrogen and oxygen atoms in total. The van der Waals surface area contributed by atoms with Gasteiger partial charge in [-0.15, -0.1) is 0 Å². The molecule has 2 unspecified atom stereocenters. The summed E-state index contributed by atoms with van der Waals surface area (Å²) >= 11 is 7.77. The van der Waals surface area contributed by atoms with E-state index in [2.05, 4.69) is 25.1 Å². The Morgan fingerprint density at radius 3 is 2.62 bits per heavy atom. The first-order valence-corrected chi connectivity index (χ1v) is 15.0. The van der Waals surface area contributed by atoms with Crippen molar-refractivity contribution in [3.8, 4) is 17.1 Å². The van der Waals surface area contributed by atoms with E-state index in [1.165, 1.54) is 31.4 Å². The van der Waals surface area contributed by atoms with E-state index in [9.17, 15) is 4.39 Å². The summed E-state index contributed by atoms with van der Waals surface area (Å²) in [7, 11) is 0. The van der Waals surface area contributed by atoms with E-state index >= 15 is 4.39 Å². The van der Waals surface area contributed by atoms with Crippen molar-refractivity contribution in [1.29, 1.82) is 0 Å². The number of anilines is 2. The van der Waals surface area contributed by atoms with Gasteiger partial charge in [0.25, 0.3) is 0 Å². The van der Waals surface area contributed by atoms with Crippen LogP contribution in [0.15, 0.2) is 18.2 Å². The molecule has 6 heterocycles. The third-order valence-corrected chi connectivity index (χ3v) is 9.31. The minimum atomic E-state index is -0.626. The summed E-state index contributed by atoms with van der Waals surface area (Å²) in [6.45, 7) is 6.34. The van der Waals surface area contributed by atoms with Crippen LogP contribution in [0.5, 0.6) is 6.01 Å². The fraction of sp³-hybridized carbons (Fsp3) is 0.464. The molecule has 3 atom stereocenters. The molecule has 40 heavy (non-hydrogen) atoms. The number of halogens is 3. The Bertz CT molecular complexity index is 1600. The van der Waals surface area contributed by atoms with E-state index in [0.29, 0.717) is 28.9 Å². The van der Waals surface area contributed by atoms with Crippen LogP contribution in [-0.2, 0) is 0 Å². The zero-order valence-electron chi connectivity index (χ0n) is 22.1. The Morgan fingerprint density at radius 1 is 1.12 bits per heavy atom. The molecule has 0 saturated carbocycles. The number of nitrogen functional groups attached to an aromatic ring is 1. The van der Waals surface area contributed by atoms with Crippen LogP contribution in [0.3, 0.4) is 0 Å². The standard InChI is InChI=1S/C28H30ClF2N7OS/c1-14(11-37-7-3-2-4-8-37)39-28-35-23-18(26(36-28)38-12-15-9-16(13-38)33-15)10-19(29)21(22(23)31)17-5-6-20(30)25-24(17)34-27(32)40-25/h5-6,10,14-16,33H,2-4,7-9,11-13H2,1H3,(H2,32,34)/t14-,15?,16?/m0/s1. The number of likely N-dealkylation sites (tertiary alicyclic amines) is 1. The van der Waals surface area contributed by atoms with E-state index in [4.69, 9.17) is 27.1 Å². The number of hydrogen-bond donors (Lipinski definition) is 2. The van der Waals surface area contributed by atoms with Gasteiger partial charge in [0.2, 0.25) is 0 Å². The van der Waals surface area contributed by atoms with Gasteiger partial charge in [0.05, 0.1) is 15.2 Å². The predicted octanol–water partition coefficient (Wildman–Crippen LogP) is 5.22. The highest BCUT2D eigenvalue weighted by molar-refractivity contribution is 7.22. The van der Waals surface area contributed by atoms with Crippen molar-refractivity contribution in [3.63, 3.8) is 0 Å². The van der Waals surface area contributed by atoms with Crippen LogP contribution in [0.2, 0.25) is 5.02 Å². The average Bonchev–Trinajstić information content (AvgIpc) is 3.32. The Kier molecular flexibility index (Phi) is 6.65. The first-order valence-electron chi connectivity index (χ1n) is 13.8. The number of rotatable bonds is 6. The largest absolute Gasteiger partial charge is 0.459 e. The molecule has 2 aromatic heterocycles. The number of hydrogen-bond acceptors (Lipinski definition) is 9. The molecule has 12 heteroatoms. The van der Waals surface area contributed by atoms with Gasteiger partial charge in [0.15, 0.2) is 10.9 Å². The van der Waals surface area contributed by atoms with Gasteiger partial charge in [-0.3, -0.25) is 4.90 Å². The van der Waals surface area contributed by atoms with E-state index in [-0.39, 0.29) is 43.6 Å². The minimum absolute atomic E-state index is 0.101. The molecular formula is C28H30ClF2N7OS. The predicted molar refractivity (Wildman–Crippen MR) is 155 cm³/mol. The van der Waals surface area contributed by atoms with Gasteiger partial charge < -0.3 is 20.7 Å². The molecule has 0 radical (unpaired) electrons. The number of aromatic nitrogens is 3. The summed E-state index contributed by atoms with van der Waals surface area (Å²) in [5, 5.41) is 4.40. The molecule has 0 amide bonds. The number of nitrogens with two attached hydrogens (primary N) is 1. The Labute approximate surface area is 239 Å². The molecule has 0 aliphatic carbocycles. The Hall–Kier alpha value is -2.86. The molecule has 8 rings (SSSR count). The lowest BCUT2D eigenvalue weighted by Gasteiger charge is -2.48. The first-order chi connectivity index (χ1) is 19.3. The topological polar surface area (TPSA) is 92.4 Å². The molecule has 210 valence electrons. The Balaban J connectivity index is 1.34. The van der Waals surface area contributed by atoms with Crippen molar-refractivity contribution >= 4 is 55.0 Å². The molecule has 2 aromatic carbocycles. The summed E-state index contributed by atoms with van der Waals surface area (Å²) in [6.07, 6.45) is 4.57. The van der Waals surface area contributed by atoms with Crippen LogP contribution in [0.1, 0.15) is 32.6 Å². The Morgan fingerprint density at radius 2 is 1.88 bits per heavy atom. The summed E-state index contributed by atoms with van der Waals surface area (Å²) < 4.78 is 37.6. The maximum atomic E-state index is 16.6. The van der Waals surface area contributed by atoms with E-state index < -0.39 is 11.6 Å². The van der Waals surface area contributed by atoms with Crippen molar-refractivity contribution in [1.82, 2.24) is 25.2 Å². The van der Waals surface area contributed by atoms with Crippen LogP contribution < -0.4 is 20.7 Å². The second-order valence-corrected chi connectivity index (χ2v) is 12.5. The highest BCUT2D eigenvalue weighted by atomic mass is 35.5. The number of nitrogens with one attached hydrogen (secondary N) is 1. The molecule has 4 fully saturated rings. The van der Waals surface area contributed by atoms with E-state index in [0.717, 1.165) is 50.5 Å². The summed E-state index contributed by atoms with van der Waals surface area (Å²) in [5.74, 6) is -0.485. The van der Waals surface area contributed by atoms with Gasteiger partial charge in [-0.05, 0) is 57.5 Å². The molecule has 4 aliphatic rings. The monoisotopic (exact) mass is 585 g/mol.